The van der Waals surface area contributed by atoms with Crippen LogP contribution in [0.1, 0.15) is 34.8 Å². The third-order valence-corrected chi connectivity index (χ3v) is 4.79. The number of piperidine rings is 1. The molecule has 4 rings (SSSR count). The summed E-state index contributed by atoms with van der Waals surface area (Å²) in [6, 6.07) is 3.52. The number of likely N-dealkylation sites (tertiary alicyclic amines) is 1. The van der Waals surface area contributed by atoms with Crippen LogP contribution in [0.15, 0.2) is 49.4 Å². The number of carbonyl (C=O) groups excluding carboxylic acids is 1. The van der Waals surface area contributed by atoms with Gasteiger partial charge in [-0.1, -0.05) is 0 Å². The summed E-state index contributed by atoms with van der Waals surface area (Å²) in [4.78, 5) is 31.9. The molecule has 3 aromatic rings. The van der Waals surface area contributed by atoms with E-state index >= 15 is 0 Å². The van der Waals surface area contributed by atoms with E-state index in [4.69, 9.17) is 4.98 Å². The molecule has 0 aliphatic carbocycles. The number of imidazole rings is 1. The van der Waals surface area contributed by atoms with Crippen molar-refractivity contribution in [2.45, 2.75) is 18.8 Å². The van der Waals surface area contributed by atoms with Gasteiger partial charge in [-0.05, 0) is 25.0 Å². The Balaban J connectivity index is 1.55. The molecule has 1 atom stereocenters. The van der Waals surface area contributed by atoms with Gasteiger partial charge in [0.2, 0.25) is 0 Å². The van der Waals surface area contributed by atoms with Crippen molar-refractivity contribution in [1.82, 2.24) is 29.4 Å². The average molecular weight is 348 g/mol. The second kappa shape index (κ2) is 7.03. The quantitative estimate of drug-likeness (QED) is 0.726. The zero-order valence-electron chi connectivity index (χ0n) is 14.6. The van der Waals surface area contributed by atoms with Crippen LogP contribution in [-0.4, -0.2) is 48.4 Å². The van der Waals surface area contributed by atoms with Crippen molar-refractivity contribution in [3.8, 4) is 11.4 Å². The Labute approximate surface area is 151 Å². The third-order valence-electron chi connectivity index (χ3n) is 4.79. The van der Waals surface area contributed by atoms with E-state index in [1.165, 1.54) is 0 Å². The van der Waals surface area contributed by atoms with Crippen molar-refractivity contribution >= 4 is 5.91 Å². The molecular weight excluding hydrogens is 328 g/mol. The zero-order valence-corrected chi connectivity index (χ0v) is 14.6. The number of hydrogen-bond donors (Lipinski definition) is 0. The van der Waals surface area contributed by atoms with Gasteiger partial charge in [0.25, 0.3) is 5.91 Å². The lowest BCUT2D eigenvalue weighted by molar-refractivity contribution is 0.0705. The lowest BCUT2D eigenvalue weighted by Crippen LogP contribution is -2.39. The molecule has 1 amide bonds. The molecule has 26 heavy (non-hydrogen) atoms. The molecule has 132 valence electrons. The average Bonchev–Trinajstić information content (AvgIpc) is 3.14. The van der Waals surface area contributed by atoms with Gasteiger partial charge in [-0.15, -0.1) is 0 Å². The first kappa shape index (κ1) is 16.4. The number of carbonyl (C=O) groups is 1. The lowest BCUT2D eigenvalue weighted by atomic mass is 9.94. The highest BCUT2D eigenvalue weighted by Gasteiger charge is 2.26. The minimum absolute atomic E-state index is 0.0489. The summed E-state index contributed by atoms with van der Waals surface area (Å²) in [7, 11) is 1.94. The number of nitrogens with zero attached hydrogens (tertiary/aromatic N) is 6. The molecular formula is C19H20N6O. The zero-order chi connectivity index (χ0) is 17.9. The molecule has 1 saturated heterocycles. The van der Waals surface area contributed by atoms with Crippen LogP contribution in [0.5, 0.6) is 0 Å². The standard InChI is InChI=1S/C19H20N6O/c1-24-13-22-11-18(24)17-10-21-9-16(23-17)15-3-2-8-25(12-15)19(26)14-4-6-20-7-5-14/h4-7,9-11,13,15H,2-3,8,12H2,1H3/t15-/m1/s1. The predicted octanol–water partition coefficient (Wildman–Crippen LogP) is 2.29. The molecule has 1 fully saturated rings. The van der Waals surface area contributed by atoms with Gasteiger partial charge in [0.15, 0.2) is 0 Å². The number of pyridine rings is 1. The van der Waals surface area contributed by atoms with Crippen molar-refractivity contribution in [2.75, 3.05) is 13.1 Å². The Morgan fingerprint density at radius 3 is 2.73 bits per heavy atom. The molecule has 0 saturated carbocycles. The van der Waals surface area contributed by atoms with E-state index in [1.807, 2.05) is 22.7 Å². The van der Waals surface area contributed by atoms with E-state index in [1.54, 1.807) is 43.2 Å². The first-order valence-electron chi connectivity index (χ1n) is 8.70. The molecule has 0 spiro atoms. The van der Waals surface area contributed by atoms with Crippen LogP contribution >= 0.6 is 0 Å². The molecule has 0 N–H and O–H groups in total. The van der Waals surface area contributed by atoms with E-state index < -0.39 is 0 Å². The summed E-state index contributed by atoms with van der Waals surface area (Å²) in [5.74, 6) is 0.239. The molecule has 3 aromatic heterocycles. The fourth-order valence-electron chi connectivity index (χ4n) is 3.39. The summed E-state index contributed by atoms with van der Waals surface area (Å²) in [5.41, 5.74) is 3.34. The maximum absolute atomic E-state index is 12.7. The van der Waals surface area contributed by atoms with E-state index in [9.17, 15) is 4.79 Å². The van der Waals surface area contributed by atoms with Crippen LogP contribution in [0.25, 0.3) is 11.4 Å². The van der Waals surface area contributed by atoms with Crippen LogP contribution in [0.3, 0.4) is 0 Å². The molecule has 0 aromatic carbocycles. The number of rotatable bonds is 3. The molecule has 0 radical (unpaired) electrons. The number of hydrogen-bond acceptors (Lipinski definition) is 5. The molecule has 7 heteroatoms. The lowest BCUT2D eigenvalue weighted by Gasteiger charge is -2.32. The van der Waals surface area contributed by atoms with Gasteiger partial charge in [0.1, 0.15) is 5.69 Å². The molecule has 1 aliphatic heterocycles. The topological polar surface area (TPSA) is 76.8 Å². The van der Waals surface area contributed by atoms with E-state index in [-0.39, 0.29) is 11.8 Å². The second-order valence-corrected chi connectivity index (χ2v) is 6.55. The first-order chi connectivity index (χ1) is 12.7. The fourth-order valence-corrected chi connectivity index (χ4v) is 3.39. The highest BCUT2D eigenvalue weighted by molar-refractivity contribution is 5.94. The van der Waals surface area contributed by atoms with Crippen molar-refractivity contribution in [2.24, 2.45) is 7.05 Å². The summed E-state index contributed by atoms with van der Waals surface area (Å²) in [6.07, 6.45) is 12.4. The minimum Gasteiger partial charge on any atom is -0.338 e. The number of aryl methyl sites for hydroxylation is 1. The Bertz CT molecular complexity index is 907. The first-order valence-corrected chi connectivity index (χ1v) is 8.70. The van der Waals surface area contributed by atoms with Crippen molar-refractivity contribution < 1.29 is 4.79 Å². The van der Waals surface area contributed by atoms with Crippen molar-refractivity contribution in [3.63, 3.8) is 0 Å². The Kier molecular flexibility index (Phi) is 4.43. The van der Waals surface area contributed by atoms with E-state index in [2.05, 4.69) is 15.0 Å². The highest BCUT2D eigenvalue weighted by atomic mass is 16.2. The summed E-state index contributed by atoms with van der Waals surface area (Å²) >= 11 is 0. The Morgan fingerprint density at radius 2 is 1.96 bits per heavy atom. The summed E-state index contributed by atoms with van der Waals surface area (Å²) < 4.78 is 1.92. The molecule has 7 nitrogen and oxygen atoms in total. The largest absolute Gasteiger partial charge is 0.338 e. The van der Waals surface area contributed by atoms with Crippen LogP contribution in [0.2, 0.25) is 0 Å². The van der Waals surface area contributed by atoms with Gasteiger partial charge >= 0.3 is 0 Å². The summed E-state index contributed by atoms with van der Waals surface area (Å²) in [5, 5.41) is 0. The monoisotopic (exact) mass is 348 g/mol. The molecule has 0 bridgehead atoms. The minimum atomic E-state index is 0.0489. The van der Waals surface area contributed by atoms with E-state index in [0.717, 1.165) is 36.5 Å². The van der Waals surface area contributed by atoms with Gasteiger partial charge in [0.05, 0.1) is 30.1 Å². The SMILES string of the molecule is Cn1cncc1-c1cncc([C@@H]2CCCN(C(=O)c3ccncc3)C2)n1. The fraction of sp³-hybridized carbons (Fsp3) is 0.316. The van der Waals surface area contributed by atoms with Gasteiger partial charge in [-0.25, -0.2) is 9.97 Å². The van der Waals surface area contributed by atoms with Crippen LogP contribution in [-0.2, 0) is 7.05 Å². The van der Waals surface area contributed by atoms with Crippen LogP contribution in [0.4, 0.5) is 0 Å². The van der Waals surface area contributed by atoms with Gasteiger partial charge < -0.3 is 9.47 Å². The highest BCUT2D eigenvalue weighted by Crippen LogP contribution is 2.27. The van der Waals surface area contributed by atoms with Gasteiger partial charge in [-0.2, -0.15) is 0 Å². The Morgan fingerprint density at radius 1 is 1.12 bits per heavy atom. The van der Waals surface area contributed by atoms with Crippen LogP contribution < -0.4 is 0 Å². The second-order valence-electron chi connectivity index (χ2n) is 6.55. The normalized spacial score (nSPS) is 17.3. The third kappa shape index (κ3) is 3.20. The van der Waals surface area contributed by atoms with Gasteiger partial charge in [-0.3, -0.25) is 14.8 Å². The molecule has 4 heterocycles. The maximum Gasteiger partial charge on any atom is 0.253 e. The molecule has 0 unspecified atom stereocenters. The van der Waals surface area contributed by atoms with Gasteiger partial charge in [0, 0.05) is 50.2 Å². The van der Waals surface area contributed by atoms with Crippen molar-refractivity contribution in [3.05, 3.63) is 60.7 Å². The van der Waals surface area contributed by atoms with Crippen LogP contribution in [0, 0.1) is 0 Å². The number of amides is 1. The molecule has 1 aliphatic rings. The maximum atomic E-state index is 12.7. The van der Waals surface area contributed by atoms with Crippen molar-refractivity contribution in [1.29, 1.82) is 0 Å². The Hall–Kier alpha value is -3.09. The predicted molar refractivity (Wildman–Crippen MR) is 96.3 cm³/mol. The van der Waals surface area contributed by atoms with E-state index in [0.29, 0.717) is 12.1 Å². The number of aromatic nitrogens is 5. The summed E-state index contributed by atoms with van der Waals surface area (Å²) in [6.45, 7) is 1.43. The smallest absolute Gasteiger partial charge is 0.253 e.